The first-order valence-corrected chi connectivity index (χ1v) is 24.6. The molecule has 1 aliphatic carbocycles. The number of rotatable bonds is 36. The van der Waals surface area contributed by atoms with Gasteiger partial charge in [0, 0.05) is 20.0 Å². The molecule has 2 rings (SSSR count). The average Bonchev–Trinajstić information content (AvgIpc) is 3.26. The average molecular weight is 885 g/mol. The van der Waals surface area contributed by atoms with E-state index in [-0.39, 0.29) is 41.5 Å². The summed E-state index contributed by atoms with van der Waals surface area (Å²) in [7, 11) is 2.97. The van der Waals surface area contributed by atoms with Gasteiger partial charge in [-0.25, -0.2) is 0 Å². The molecule has 0 aliphatic heterocycles. The van der Waals surface area contributed by atoms with Gasteiger partial charge in [0.25, 0.3) is 0 Å². The molecule has 0 saturated carbocycles. The zero-order valence-electron chi connectivity index (χ0n) is 39.9. The Morgan fingerprint density at radius 1 is 0.603 bits per heavy atom. The van der Waals surface area contributed by atoms with Crippen LogP contribution in [-0.2, 0) is 23.9 Å². The summed E-state index contributed by atoms with van der Waals surface area (Å²) in [6.07, 6.45) is 43.0. The van der Waals surface area contributed by atoms with Gasteiger partial charge in [-0.15, -0.1) is 0 Å². The molecule has 1 aromatic carbocycles. The van der Waals surface area contributed by atoms with E-state index in [2.05, 4.69) is 13.8 Å². The van der Waals surface area contributed by atoms with Gasteiger partial charge >= 0.3 is 11.9 Å². The van der Waals surface area contributed by atoms with E-state index >= 15 is 0 Å². The molecule has 0 spiro atoms. The SMILES string of the molecule is CCCCCCCCCCCCCCCC(=O)O.CCCCCCCCCCCCCCCC(=O)O.COc1cc(/C=C/C(=O)CC(=O)/C=C/C2CC=C(O)C(OC)C2)ccc1O. The highest BCUT2D eigenvalue weighted by Gasteiger charge is 2.22. The summed E-state index contributed by atoms with van der Waals surface area (Å²) >= 11 is 0. The number of ketones is 2. The number of phenolic OH excluding ortho intramolecular Hbond substituents is 1. The molecule has 63 heavy (non-hydrogen) atoms. The number of aliphatic hydroxyl groups is 1. The summed E-state index contributed by atoms with van der Waals surface area (Å²) in [4.78, 5) is 44.5. The third-order valence-corrected chi connectivity index (χ3v) is 11.3. The molecule has 10 nitrogen and oxygen atoms in total. The van der Waals surface area contributed by atoms with Crippen LogP contribution < -0.4 is 4.74 Å². The number of carboxylic acid groups (broad SMARTS) is 2. The number of phenols is 1. The van der Waals surface area contributed by atoms with E-state index in [4.69, 9.17) is 19.7 Å². The van der Waals surface area contributed by atoms with Gasteiger partial charge in [0.05, 0.1) is 13.5 Å². The van der Waals surface area contributed by atoms with E-state index in [9.17, 15) is 29.4 Å². The van der Waals surface area contributed by atoms with E-state index in [1.807, 2.05) is 0 Å². The highest BCUT2D eigenvalue weighted by Crippen LogP contribution is 2.27. The van der Waals surface area contributed by atoms with E-state index in [0.717, 1.165) is 25.7 Å². The highest BCUT2D eigenvalue weighted by molar-refractivity contribution is 6.09. The molecule has 0 saturated heterocycles. The third-order valence-electron chi connectivity index (χ3n) is 11.3. The highest BCUT2D eigenvalue weighted by atomic mass is 16.5. The topological polar surface area (TPSA) is 168 Å². The van der Waals surface area contributed by atoms with Crippen molar-refractivity contribution in [1.29, 1.82) is 0 Å². The fourth-order valence-corrected chi connectivity index (χ4v) is 7.38. The van der Waals surface area contributed by atoms with Crippen molar-refractivity contribution in [1.82, 2.24) is 0 Å². The number of unbranched alkanes of at least 4 members (excludes halogenated alkanes) is 24. The Labute approximate surface area is 382 Å². The number of hydrogen-bond acceptors (Lipinski definition) is 8. The maximum atomic E-state index is 12.0. The molecule has 2 unspecified atom stereocenters. The monoisotopic (exact) mass is 885 g/mol. The van der Waals surface area contributed by atoms with Gasteiger partial charge in [-0.2, -0.15) is 0 Å². The van der Waals surface area contributed by atoms with Crippen LogP contribution >= 0.6 is 0 Å². The molecule has 360 valence electrons. The first-order valence-electron chi connectivity index (χ1n) is 24.6. The normalized spacial score (nSPS) is 14.7. The summed E-state index contributed by atoms with van der Waals surface area (Å²) in [5.41, 5.74) is 0.681. The minimum atomic E-state index is -0.655. The van der Waals surface area contributed by atoms with Crippen LogP contribution in [0.15, 0.2) is 48.3 Å². The van der Waals surface area contributed by atoms with Crippen LogP contribution in [0.2, 0.25) is 0 Å². The summed E-state index contributed by atoms with van der Waals surface area (Å²) in [5.74, 6) is -1.26. The molecule has 0 heterocycles. The number of allylic oxidation sites excluding steroid dienone is 4. The summed E-state index contributed by atoms with van der Waals surface area (Å²) in [5, 5.41) is 36.2. The number of aromatic hydroxyl groups is 1. The second kappa shape index (κ2) is 42.1. The lowest BCUT2D eigenvalue weighted by Gasteiger charge is -2.23. The molecule has 10 heteroatoms. The summed E-state index contributed by atoms with van der Waals surface area (Å²) in [6.45, 7) is 4.52. The number of carboxylic acids is 2. The zero-order valence-corrected chi connectivity index (χ0v) is 39.9. The number of carbonyl (C=O) groups excluding carboxylic acids is 2. The van der Waals surface area contributed by atoms with Crippen molar-refractivity contribution < 1.29 is 49.1 Å². The standard InChI is InChI=1S/C21H24O6.2C16H32O2/c1-26-20-11-14(5-9-18(20)24)3-7-16(22)13-17(23)8-4-15-6-10-19(25)21(12-15)27-2;2*1-2-3-4-5-6-7-8-9-10-11-12-13-14-15-16(17)18/h3-5,7-11,15,21,24-25H,6,12-13H2,1-2H3;2*2-15H2,1H3,(H,17,18)/b7-3+,8-4+;;. The van der Waals surface area contributed by atoms with Crippen LogP contribution in [0.25, 0.3) is 6.08 Å². The Morgan fingerprint density at radius 3 is 1.41 bits per heavy atom. The van der Waals surface area contributed by atoms with Crippen LogP contribution in [0.1, 0.15) is 218 Å². The zero-order chi connectivity index (χ0) is 46.8. The summed E-state index contributed by atoms with van der Waals surface area (Å²) in [6, 6.07) is 4.71. The molecule has 1 aromatic rings. The van der Waals surface area contributed by atoms with Crippen molar-refractivity contribution in [2.75, 3.05) is 14.2 Å². The molecule has 0 fully saturated rings. The van der Waals surface area contributed by atoms with Gasteiger partial charge in [0.1, 0.15) is 11.9 Å². The van der Waals surface area contributed by atoms with Crippen molar-refractivity contribution in [2.24, 2.45) is 5.92 Å². The van der Waals surface area contributed by atoms with Crippen molar-refractivity contribution in [3.8, 4) is 11.5 Å². The first kappa shape index (κ1) is 59.1. The minimum absolute atomic E-state index is 0.0166. The third kappa shape index (κ3) is 37.2. The molecule has 4 N–H and O–H groups in total. The summed E-state index contributed by atoms with van der Waals surface area (Å²) < 4.78 is 10.2. The van der Waals surface area contributed by atoms with Gasteiger partial charge in [0.15, 0.2) is 23.1 Å². The number of carbonyl (C=O) groups is 4. The lowest BCUT2D eigenvalue weighted by Crippen LogP contribution is -2.21. The van der Waals surface area contributed by atoms with Crippen LogP contribution in [0.5, 0.6) is 11.5 Å². The smallest absolute Gasteiger partial charge is 0.303 e. The molecular formula is C53H88O10. The predicted octanol–water partition coefficient (Wildman–Crippen LogP) is 14.5. The van der Waals surface area contributed by atoms with Crippen LogP contribution in [0.3, 0.4) is 0 Å². The van der Waals surface area contributed by atoms with E-state index in [1.54, 1.807) is 30.4 Å². The Balaban J connectivity index is 0.000000951. The number of methoxy groups -OCH3 is 2. The number of hydrogen-bond donors (Lipinski definition) is 4. The Hall–Kier alpha value is -3.92. The fraction of sp³-hybridized carbons (Fsp3) is 0.698. The molecule has 0 bridgehead atoms. The van der Waals surface area contributed by atoms with E-state index in [0.29, 0.717) is 37.0 Å². The van der Waals surface area contributed by atoms with Crippen molar-refractivity contribution in [3.05, 3.63) is 53.8 Å². The Kier molecular flexibility index (Phi) is 39.4. The largest absolute Gasteiger partial charge is 0.510 e. The second-order valence-corrected chi connectivity index (χ2v) is 17.1. The van der Waals surface area contributed by atoms with E-state index in [1.165, 1.54) is 174 Å². The molecule has 0 radical (unpaired) electrons. The molecule has 2 atom stereocenters. The first-order chi connectivity index (χ1) is 30.5. The Morgan fingerprint density at radius 2 is 1.02 bits per heavy atom. The van der Waals surface area contributed by atoms with Gasteiger partial charge in [-0.3, -0.25) is 19.2 Å². The second-order valence-electron chi connectivity index (χ2n) is 17.1. The maximum absolute atomic E-state index is 12.0. The predicted molar refractivity (Wildman–Crippen MR) is 258 cm³/mol. The Bertz CT molecular complexity index is 1370. The number of aliphatic carboxylic acids is 2. The number of benzene rings is 1. The van der Waals surface area contributed by atoms with Crippen LogP contribution in [0.4, 0.5) is 0 Å². The van der Waals surface area contributed by atoms with Crippen molar-refractivity contribution in [2.45, 2.75) is 219 Å². The molecular weight excluding hydrogens is 797 g/mol. The van der Waals surface area contributed by atoms with Crippen molar-refractivity contribution in [3.63, 3.8) is 0 Å². The lowest BCUT2D eigenvalue weighted by molar-refractivity contribution is -0.138. The quantitative estimate of drug-likeness (QED) is 0.0289. The van der Waals surface area contributed by atoms with Gasteiger partial charge in [0.2, 0.25) is 0 Å². The number of ether oxygens (including phenoxy) is 2. The lowest BCUT2D eigenvalue weighted by atomic mass is 9.90. The molecule has 0 aromatic heterocycles. The minimum Gasteiger partial charge on any atom is -0.510 e. The van der Waals surface area contributed by atoms with Gasteiger partial charge in [-0.05, 0) is 67.5 Å². The van der Waals surface area contributed by atoms with Gasteiger partial charge < -0.3 is 29.9 Å². The molecule has 1 aliphatic rings. The molecule has 0 amide bonds. The van der Waals surface area contributed by atoms with E-state index < -0.39 is 11.9 Å². The maximum Gasteiger partial charge on any atom is 0.303 e. The van der Waals surface area contributed by atoms with Crippen molar-refractivity contribution >= 4 is 29.6 Å². The van der Waals surface area contributed by atoms with Gasteiger partial charge in [-0.1, -0.05) is 186 Å². The fourth-order valence-electron chi connectivity index (χ4n) is 7.38. The number of aliphatic hydroxyl groups excluding tert-OH is 1. The van der Waals surface area contributed by atoms with Crippen LogP contribution in [0, 0.1) is 5.92 Å². The van der Waals surface area contributed by atoms with Crippen LogP contribution in [-0.4, -0.2) is 64.3 Å².